The third kappa shape index (κ3) is 3.01. The van der Waals surface area contributed by atoms with Crippen LogP contribution in [0.25, 0.3) is 11.2 Å². The van der Waals surface area contributed by atoms with E-state index in [1.165, 1.54) is 0 Å². The van der Waals surface area contributed by atoms with Gasteiger partial charge in [-0.2, -0.15) is 0 Å². The predicted molar refractivity (Wildman–Crippen MR) is 72.5 cm³/mol. The Kier molecular flexibility index (Phi) is 3.99. The number of fused-ring (bicyclic) bond motifs is 1. The van der Waals surface area contributed by atoms with Crippen molar-refractivity contribution in [2.75, 3.05) is 12.3 Å². The van der Waals surface area contributed by atoms with Crippen molar-refractivity contribution in [2.24, 2.45) is 0 Å². The van der Waals surface area contributed by atoms with Crippen LogP contribution < -0.4 is 5.73 Å². The number of rotatable bonds is 5. The lowest BCUT2D eigenvalue weighted by Gasteiger charge is -2.05. The number of anilines is 1. The molecule has 2 aromatic heterocycles. The number of ether oxygens (including phenoxy) is 1. The summed E-state index contributed by atoms with van der Waals surface area (Å²) >= 11 is 0. The molecule has 19 heavy (non-hydrogen) atoms. The second-order valence-corrected chi connectivity index (χ2v) is 4.39. The second kappa shape index (κ2) is 5.69. The van der Waals surface area contributed by atoms with Crippen molar-refractivity contribution in [3.63, 3.8) is 0 Å². The van der Waals surface area contributed by atoms with Crippen LogP contribution in [0, 0.1) is 6.92 Å². The van der Waals surface area contributed by atoms with Crippen LogP contribution in [0.15, 0.2) is 12.3 Å². The van der Waals surface area contributed by atoms with Gasteiger partial charge in [0.25, 0.3) is 0 Å². The number of nitrogens with two attached hydrogens (primary N) is 1. The lowest BCUT2D eigenvalue weighted by Crippen LogP contribution is -2.08. The summed E-state index contributed by atoms with van der Waals surface area (Å²) in [7, 11) is 0. The first kappa shape index (κ1) is 13.3. The van der Waals surface area contributed by atoms with E-state index in [2.05, 4.69) is 9.97 Å². The molecule has 0 bridgehead atoms. The molecule has 102 valence electrons. The van der Waals surface area contributed by atoms with Gasteiger partial charge in [0, 0.05) is 19.2 Å². The largest absolute Gasteiger partial charge is 0.466 e. The Bertz CT molecular complexity index is 592. The zero-order valence-corrected chi connectivity index (χ0v) is 11.2. The number of imidazole rings is 1. The maximum absolute atomic E-state index is 11.3. The summed E-state index contributed by atoms with van der Waals surface area (Å²) in [6.07, 6.45) is 2.81. The fraction of sp³-hybridized carbons (Fsp3) is 0.462. The zero-order chi connectivity index (χ0) is 13.8. The van der Waals surface area contributed by atoms with E-state index in [1.807, 2.05) is 17.6 Å². The highest BCUT2D eigenvalue weighted by Crippen LogP contribution is 2.17. The van der Waals surface area contributed by atoms with Crippen LogP contribution in [-0.2, 0) is 16.1 Å². The molecule has 0 aromatic carbocycles. The van der Waals surface area contributed by atoms with E-state index in [9.17, 15) is 4.79 Å². The van der Waals surface area contributed by atoms with Gasteiger partial charge in [0.2, 0.25) is 5.95 Å². The number of carbonyl (C=O) groups is 1. The monoisotopic (exact) mass is 262 g/mol. The molecule has 0 saturated heterocycles. The lowest BCUT2D eigenvalue weighted by molar-refractivity contribution is -0.143. The summed E-state index contributed by atoms with van der Waals surface area (Å²) in [4.78, 5) is 19.9. The Morgan fingerprint density at radius 2 is 2.32 bits per heavy atom. The van der Waals surface area contributed by atoms with Gasteiger partial charge in [-0.1, -0.05) is 0 Å². The van der Waals surface area contributed by atoms with Crippen molar-refractivity contribution in [2.45, 2.75) is 33.2 Å². The quantitative estimate of drug-likeness (QED) is 0.829. The van der Waals surface area contributed by atoms with E-state index in [0.29, 0.717) is 31.9 Å². The molecule has 2 rings (SSSR count). The molecule has 0 fully saturated rings. The molecule has 0 radical (unpaired) electrons. The van der Waals surface area contributed by atoms with Gasteiger partial charge in [0.15, 0.2) is 5.65 Å². The van der Waals surface area contributed by atoms with Crippen molar-refractivity contribution >= 4 is 23.1 Å². The van der Waals surface area contributed by atoms with Gasteiger partial charge in [-0.25, -0.2) is 9.97 Å². The fourth-order valence-corrected chi connectivity index (χ4v) is 1.96. The molecular weight excluding hydrogens is 244 g/mol. The Labute approximate surface area is 111 Å². The molecule has 0 saturated carbocycles. The first-order valence-corrected chi connectivity index (χ1v) is 6.35. The smallest absolute Gasteiger partial charge is 0.305 e. The normalized spacial score (nSPS) is 10.8. The molecule has 6 nitrogen and oxygen atoms in total. The molecule has 0 amide bonds. The van der Waals surface area contributed by atoms with Crippen molar-refractivity contribution in [1.29, 1.82) is 0 Å². The van der Waals surface area contributed by atoms with Crippen LogP contribution in [0.3, 0.4) is 0 Å². The Hall–Kier alpha value is -2.11. The molecule has 0 aliphatic carbocycles. The summed E-state index contributed by atoms with van der Waals surface area (Å²) in [5.74, 6) is 0.242. The molecule has 6 heteroatoms. The number of carbonyl (C=O) groups excluding carboxylic acids is 1. The molecule has 0 unspecified atom stereocenters. The minimum Gasteiger partial charge on any atom is -0.466 e. The van der Waals surface area contributed by atoms with E-state index >= 15 is 0 Å². The molecule has 0 spiro atoms. The summed E-state index contributed by atoms with van der Waals surface area (Å²) in [6, 6.07) is 1.94. The Balaban J connectivity index is 2.08. The van der Waals surface area contributed by atoms with Gasteiger partial charge in [-0.15, -0.1) is 0 Å². The maximum atomic E-state index is 11.3. The Morgan fingerprint density at radius 3 is 3.05 bits per heavy atom. The van der Waals surface area contributed by atoms with Crippen molar-refractivity contribution < 1.29 is 9.53 Å². The number of hydrogen-bond acceptors (Lipinski definition) is 5. The number of hydrogen-bond donors (Lipinski definition) is 1. The number of nitrogens with zero attached hydrogens (tertiary/aromatic N) is 3. The molecule has 2 N–H and O–H groups in total. The van der Waals surface area contributed by atoms with Crippen molar-refractivity contribution in [3.05, 3.63) is 17.8 Å². The van der Waals surface area contributed by atoms with Gasteiger partial charge in [0.05, 0.1) is 6.61 Å². The van der Waals surface area contributed by atoms with Crippen LogP contribution in [0.5, 0.6) is 0 Å². The van der Waals surface area contributed by atoms with Crippen LogP contribution >= 0.6 is 0 Å². The summed E-state index contributed by atoms with van der Waals surface area (Å²) in [6.45, 7) is 4.78. The zero-order valence-electron chi connectivity index (χ0n) is 11.2. The maximum Gasteiger partial charge on any atom is 0.305 e. The molecule has 2 heterocycles. The standard InChI is InChI=1S/C13H18N4O2/c1-3-19-11(18)5-4-6-17-12-10(16-13(17)14)7-9(2)8-15-12/h7-8H,3-6H2,1-2H3,(H2,14,16). The van der Waals surface area contributed by atoms with Crippen LogP contribution in [-0.4, -0.2) is 27.1 Å². The first-order chi connectivity index (χ1) is 9.11. The van der Waals surface area contributed by atoms with E-state index in [1.54, 1.807) is 13.1 Å². The highest BCUT2D eigenvalue weighted by atomic mass is 16.5. The van der Waals surface area contributed by atoms with E-state index < -0.39 is 0 Å². The van der Waals surface area contributed by atoms with Gasteiger partial charge >= 0.3 is 5.97 Å². The van der Waals surface area contributed by atoms with Gasteiger partial charge in [-0.05, 0) is 31.9 Å². The summed E-state index contributed by atoms with van der Waals surface area (Å²) < 4.78 is 6.71. The lowest BCUT2D eigenvalue weighted by atomic mass is 10.3. The van der Waals surface area contributed by atoms with E-state index in [4.69, 9.17) is 10.5 Å². The Morgan fingerprint density at radius 1 is 1.53 bits per heavy atom. The number of aromatic nitrogens is 3. The van der Waals surface area contributed by atoms with Crippen molar-refractivity contribution in [3.8, 4) is 0 Å². The average molecular weight is 262 g/mol. The van der Waals surface area contributed by atoms with E-state index in [-0.39, 0.29) is 5.97 Å². The first-order valence-electron chi connectivity index (χ1n) is 6.35. The molecule has 0 atom stereocenters. The molecule has 2 aromatic rings. The molecule has 0 aliphatic rings. The molecule has 0 aliphatic heterocycles. The number of nitrogen functional groups attached to an aromatic ring is 1. The summed E-state index contributed by atoms with van der Waals surface area (Å²) in [5.41, 5.74) is 8.46. The minimum atomic E-state index is -0.186. The number of pyridine rings is 1. The minimum absolute atomic E-state index is 0.186. The van der Waals surface area contributed by atoms with Crippen molar-refractivity contribution in [1.82, 2.24) is 14.5 Å². The van der Waals surface area contributed by atoms with Gasteiger partial charge < -0.3 is 10.5 Å². The third-order valence-electron chi connectivity index (χ3n) is 2.82. The average Bonchev–Trinajstić information content (AvgIpc) is 2.65. The number of aryl methyl sites for hydroxylation is 2. The second-order valence-electron chi connectivity index (χ2n) is 4.39. The van der Waals surface area contributed by atoms with Crippen LogP contribution in [0.4, 0.5) is 5.95 Å². The fourth-order valence-electron chi connectivity index (χ4n) is 1.96. The predicted octanol–water partition coefficient (Wildman–Crippen LogP) is 1.67. The van der Waals surface area contributed by atoms with Gasteiger partial charge in [0.1, 0.15) is 5.52 Å². The van der Waals surface area contributed by atoms with E-state index in [0.717, 1.165) is 16.7 Å². The highest BCUT2D eigenvalue weighted by molar-refractivity contribution is 5.74. The summed E-state index contributed by atoms with van der Waals surface area (Å²) in [5, 5.41) is 0. The number of esters is 1. The van der Waals surface area contributed by atoms with Gasteiger partial charge in [-0.3, -0.25) is 9.36 Å². The highest BCUT2D eigenvalue weighted by Gasteiger charge is 2.10. The third-order valence-corrected chi connectivity index (χ3v) is 2.82. The SMILES string of the molecule is CCOC(=O)CCCn1c(N)nc2cc(C)cnc21. The van der Waals surface area contributed by atoms with Crippen LogP contribution in [0.2, 0.25) is 0 Å². The topological polar surface area (TPSA) is 83.0 Å². The molecular formula is C13H18N4O2. The van der Waals surface area contributed by atoms with Crippen LogP contribution in [0.1, 0.15) is 25.3 Å².